The zero-order valence-corrected chi connectivity index (χ0v) is 35.1. The first-order chi connectivity index (χ1) is 31.2. The molecule has 13 rings (SSSR count). The second-order valence-corrected chi connectivity index (χ2v) is 17.5. The van der Waals surface area contributed by atoms with Crippen molar-refractivity contribution in [2.45, 2.75) is 32.1 Å². The van der Waals surface area contributed by atoms with E-state index >= 15 is 0 Å². The minimum atomic E-state index is 0.189. The normalized spacial score (nSPS) is 14.8. The summed E-state index contributed by atoms with van der Waals surface area (Å²) in [5, 5.41) is 6.73. The fraction of sp³-hybridized carbons (Fsp3) is 0.0909. The summed E-state index contributed by atoms with van der Waals surface area (Å²) < 4.78 is 17.3. The van der Waals surface area contributed by atoms with Gasteiger partial charge in [0.2, 0.25) is 0 Å². The highest BCUT2D eigenvalue weighted by atomic mass is 16.3. The van der Waals surface area contributed by atoms with E-state index in [1.54, 1.807) is 0 Å². The maximum absolute atomic E-state index is 6.66. The number of hydrogen-bond acceptors (Lipinski definition) is 2. The lowest BCUT2D eigenvalue weighted by molar-refractivity contribution is 0.504. The van der Waals surface area contributed by atoms with Crippen molar-refractivity contribution in [1.29, 1.82) is 0 Å². The zero-order chi connectivity index (χ0) is 43.1. The molecule has 0 fully saturated rings. The molecule has 0 bridgehead atoms. The summed E-state index contributed by atoms with van der Waals surface area (Å²) in [6.45, 7) is 2.24. The van der Waals surface area contributed by atoms with Gasteiger partial charge in [0, 0.05) is 60.7 Å². The third-order valence-corrected chi connectivity index (χ3v) is 13.9. The van der Waals surface area contributed by atoms with Gasteiger partial charge in [-0.1, -0.05) is 90.7 Å². The predicted octanol–water partition coefficient (Wildman–Crippen LogP) is 9.16. The van der Waals surface area contributed by atoms with Crippen molar-refractivity contribution in [3.05, 3.63) is 150 Å². The smallest absolute Gasteiger partial charge is 0.135 e. The van der Waals surface area contributed by atoms with Gasteiger partial charge < -0.3 is 18.0 Å². The molecule has 0 N–H and O–H groups in total. The van der Waals surface area contributed by atoms with Gasteiger partial charge in [-0.25, -0.2) is 0 Å². The molecule has 2 aliphatic carbocycles. The van der Waals surface area contributed by atoms with Crippen molar-refractivity contribution in [2.75, 3.05) is 0 Å². The quantitative estimate of drug-likeness (QED) is 0.167. The summed E-state index contributed by atoms with van der Waals surface area (Å²) >= 11 is 0. The molecule has 0 amide bonds. The second kappa shape index (κ2) is 13.8. The molecule has 0 spiro atoms. The summed E-state index contributed by atoms with van der Waals surface area (Å²) in [6, 6.07) is 41.5. The first kappa shape index (κ1) is 37.6. The van der Waals surface area contributed by atoms with Crippen LogP contribution in [0.5, 0.6) is 0 Å². The topological polar surface area (TPSA) is 36.1 Å². The Labute approximate surface area is 376 Å². The molecule has 4 nitrogen and oxygen atoms in total. The minimum absolute atomic E-state index is 0.189. The van der Waals surface area contributed by atoms with Gasteiger partial charge in [-0.2, -0.15) is 0 Å². The standard InChI is InChI=1S/C55H33B5N2O2/c1-28-8-6-12-36-40-27-32(19-23-46(40)64-55(28)36)61-42-21-17-29(25-39(42)35-20-16-31(26-44(35)61)33-11-7-15-47-48(33)37-10-3-5-14-45(37)63-47)30-18-22-43-38(24-30)34-9-2-4-13-41(34)62(43)54-52(59)50(57)49(56)51(58)53(54)60/h2,4-7,9,11-28H,3,8,10H2,1H3. The highest BCUT2D eigenvalue weighted by Gasteiger charge is 2.24. The van der Waals surface area contributed by atoms with Crippen molar-refractivity contribution in [1.82, 2.24) is 9.13 Å². The summed E-state index contributed by atoms with van der Waals surface area (Å²) in [5.74, 6) is 2.36. The zero-order valence-electron chi connectivity index (χ0n) is 35.1. The first-order valence-corrected chi connectivity index (χ1v) is 21.8. The molecule has 4 heterocycles. The first-order valence-electron chi connectivity index (χ1n) is 21.8. The van der Waals surface area contributed by atoms with E-state index in [1.165, 1.54) is 22.1 Å². The Morgan fingerprint density at radius 3 is 2.03 bits per heavy atom. The van der Waals surface area contributed by atoms with E-state index in [1.807, 2.05) is 16.7 Å². The van der Waals surface area contributed by atoms with Gasteiger partial charge in [-0.05, 0) is 108 Å². The summed E-state index contributed by atoms with van der Waals surface area (Å²) in [7, 11) is 32.3. The molecule has 4 aromatic heterocycles. The molecule has 0 saturated carbocycles. The number of para-hydroxylation sites is 1. The van der Waals surface area contributed by atoms with Crippen molar-refractivity contribution in [2.24, 2.45) is 0 Å². The van der Waals surface area contributed by atoms with E-state index in [-0.39, 0.29) is 27.3 Å². The maximum Gasteiger partial charge on any atom is 0.135 e. The number of fused-ring (bicyclic) bond motifs is 12. The van der Waals surface area contributed by atoms with Crippen LogP contribution < -0.4 is 27.3 Å². The Bertz CT molecular complexity index is 3890. The lowest BCUT2D eigenvalue weighted by Crippen LogP contribution is -2.56. The Balaban J connectivity index is 1.03. The SMILES string of the molecule is [B]c1c([B])c([B])c(-n2c3ccccc3c3cc(-c4ccc5c(c4)c4ccc(-c6cccc7oc8c(c67)CCC=C8)cc4n5-c4ccc5oc6c(c5c4)C=CCC6C)ccc32)c([B])c1[B]. The third-order valence-electron chi connectivity index (χ3n) is 13.9. The monoisotopic (exact) mass is 808 g/mol. The minimum Gasteiger partial charge on any atom is -0.460 e. The van der Waals surface area contributed by atoms with Crippen LogP contribution in [0.4, 0.5) is 0 Å². The lowest BCUT2D eigenvalue weighted by atomic mass is 9.61. The van der Waals surface area contributed by atoms with Crippen LogP contribution in [0.3, 0.4) is 0 Å². The number of rotatable bonds is 4. The number of benzene rings is 7. The molecule has 0 aliphatic heterocycles. The molecule has 11 aromatic rings. The van der Waals surface area contributed by atoms with Gasteiger partial charge in [-0.3, -0.25) is 0 Å². The third kappa shape index (κ3) is 5.24. The van der Waals surface area contributed by atoms with Gasteiger partial charge in [-0.15, -0.1) is 16.4 Å². The van der Waals surface area contributed by atoms with E-state index in [4.69, 9.17) is 48.1 Å². The highest BCUT2D eigenvalue weighted by Crippen LogP contribution is 2.44. The molecule has 9 heteroatoms. The number of furan rings is 2. The number of allylic oxidation sites excluding steroid dienone is 2. The van der Waals surface area contributed by atoms with E-state index < -0.39 is 0 Å². The van der Waals surface area contributed by atoms with Crippen LogP contribution in [0.15, 0.2) is 136 Å². The molecule has 7 aromatic carbocycles. The van der Waals surface area contributed by atoms with E-state index in [2.05, 4.69) is 139 Å². The molecule has 1 atom stereocenters. The lowest BCUT2D eigenvalue weighted by Gasteiger charge is -2.23. The fourth-order valence-corrected chi connectivity index (χ4v) is 10.7. The number of hydrogen-bond donors (Lipinski definition) is 0. The van der Waals surface area contributed by atoms with Crippen LogP contribution in [0.1, 0.15) is 48.3 Å². The summed E-state index contributed by atoms with van der Waals surface area (Å²) in [4.78, 5) is 0. The average Bonchev–Trinajstić information content (AvgIpc) is 4.08. The van der Waals surface area contributed by atoms with E-state index in [0.717, 1.165) is 113 Å². The van der Waals surface area contributed by atoms with Crippen LogP contribution >= 0.6 is 0 Å². The Morgan fingerprint density at radius 1 is 0.531 bits per heavy atom. The largest absolute Gasteiger partial charge is 0.460 e. The van der Waals surface area contributed by atoms with Gasteiger partial charge in [0.25, 0.3) is 0 Å². The van der Waals surface area contributed by atoms with Crippen LogP contribution in [-0.4, -0.2) is 48.4 Å². The maximum atomic E-state index is 6.66. The summed E-state index contributed by atoms with van der Waals surface area (Å²) in [5.41, 5.74) is 15.7. The van der Waals surface area contributed by atoms with Crippen LogP contribution in [0, 0.1) is 0 Å². The van der Waals surface area contributed by atoms with Crippen molar-refractivity contribution in [3.63, 3.8) is 0 Å². The molecule has 10 radical (unpaired) electrons. The van der Waals surface area contributed by atoms with Crippen LogP contribution in [0.2, 0.25) is 0 Å². The van der Waals surface area contributed by atoms with Crippen molar-refractivity contribution in [3.8, 4) is 33.6 Å². The van der Waals surface area contributed by atoms with Crippen LogP contribution in [-0.2, 0) is 6.42 Å². The molecule has 290 valence electrons. The number of nitrogens with zero attached hydrogens (tertiary/aromatic N) is 2. The second-order valence-electron chi connectivity index (χ2n) is 17.5. The molecule has 1 unspecified atom stereocenters. The van der Waals surface area contributed by atoms with Gasteiger partial charge in [0.1, 0.15) is 61.9 Å². The fourth-order valence-electron chi connectivity index (χ4n) is 10.7. The van der Waals surface area contributed by atoms with Crippen molar-refractivity contribution >= 4 is 144 Å². The average molecular weight is 808 g/mol. The highest BCUT2D eigenvalue weighted by molar-refractivity contribution is 6.68. The Morgan fingerprint density at radius 2 is 1.23 bits per heavy atom. The van der Waals surface area contributed by atoms with E-state index in [0.29, 0.717) is 11.6 Å². The molecule has 64 heavy (non-hydrogen) atoms. The van der Waals surface area contributed by atoms with Crippen molar-refractivity contribution < 1.29 is 8.83 Å². The van der Waals surface area contributed by atoms with E-state index in [9.17, 15) is 0 Å². The number of aryl methyl sites for hydroxylation is 1. The van der Waals surface area contributed by atoms with Crippen LogP contribution in [0.25, 0.3) is 111 Å². The molecule has 2 aliphatic rings. The number of aromatic nitrogens is 2. The molecular weight excluding hydrogens is 775 g/mol. The summed E-state index contributed by atoms with van der Waals surface area (Å²) in [6.07, 6.45) is 11.7. The molecule has 0 saturated heterocycles. The van der Waals surface area contributed by atoms with Gasteiger partial charge in [0.15, 0.2) is 0 Å². The van der Waals surface area contributed by atoms with Gasteiger partial charge >= 0.3 is 0 Å². The predicted molar refractivity (Wildman–Crippen MR) is 272 cm³/mol. The Kier molecular flexibility index (Phi) is 8.08. The van der Waals surface area contributed by atoms with Gasteiger partial charge in [0.05, 0.1) is 22.1 Å². The molecular formula is C55H33B5N2O2. The Hall–Kier alpha value is -6.98.